The quantitative estimate of drug-likeness (QED) is 0.774. The second-order valence-electron chi connectivity index (χ2n) is 6.54. The number of aliphatic hydroxyl groups is 1. The summed E-state index contributed by atoms with van der Waals surface area (Å²) >= 11 is 0. The van der Waals surface area contributed by atoms with Gasteiger partial charge in [-0.15, -0.1) is 0 Å². The molecule has 0 aliphatic heterocycles. The topological polar surface area (TPSA) is 46.5 Å². The van der Waals surface area contributed by atoms with Gasteiger partial charge in [0.15, 0.2) is 0 Å². The normalized spacial score (nSPS) is 30.1. The van der Waals surface area contributed by atoms with Crippen molar-refractivity contribution in [2.24, 2.45) is 17.3 Å². The van der Waals surface area contributed by atoms with E-state index in [9.17, 15) is 9.90 Å². The van der Waals surface area contributed by atoms with Gasteiger partial charge in [0, 0.05) is 0 Å². The van der Waals surface area contributed by atoms with Gasteiger partial charge in [-0.1, -0.05) is 34.1 Å². The molecule has 3 nitrogen and oxygen atoms in total. The second kappa shape index (κ2) is 4.97. The molecular weight excluding hydrogens is 216 g/mol. The Morgan fingerprint density at radius 1 is 1.29 bits per heavy atom. The maximum absolute atomic E-state index is 11.9. The zero-order chi connectivity index (χ0) is 13.3. The van der Waals surface area contributed by atoms with Crippen LogP contribution in [0.15, 0.2) is 0 Å². The van der Waals surface area contributed by atoms with Crippen LogP contribution in [0.5, 0.6) is 0 Å². The van der Waals surface area contributed by atoms with Crippen molar-refractivity contribution in [2.45, 2.75) is 59.0 Å². The Balaban J connectivity index is 2.95. The van der Waals surface area contributed by atoms with E-state index in [1.807, 2.05) is 13.8 Å². The fourth-order valence-electron chi connectivity index (χ4n) is 3.38. The van der Waals surface area contributed by atoms with Gasteiger partial charge >= 0.3 is 5.97 Å². The highest BCUT2D eigenvalue weighted by Crippen LogP contribution is 2.46. The number of hydrogen-bond acceptors (Lipinski definition) is 3. The van der Waals surface area contributed by atoms with E-state index in [0.29, 0.717) is 12.8 Å². The van der Waals surface area contributed by atoms with Crippen LogP contribution in [0.1, 0.15) is 53.4 Å². The zero-order valence-corrected chi connectivity index (χ0v) is 11.7. The van der Waals surface area contributed by atoms with Gasteiger partial charge in [0.2, 0.25) is 0 Å². The summed E-state index contributed by atoms with van der Waals surface area (Å²) in [7, 11) is 1.40. The van der Waals surface area contributed by atoms with E-state index in [-0.39, 0.29) is 17.3 Å². The van der Waals surface area contributed by atoms with Gasteiger partial charge in [0.25, 0.3) is 0 Å². The lowest BCUT2D eigenvalue weighted by Gasteiger charge is -2.46. The molecule has 1 aliphatic carbocycles. The molecule has 1 aliphatic rings. The molecule has 0 saturated heterocycles. The number of ether oxygens (including phenoxy) is 1. The Bertz CT molecular complexity index is 283. The first-order chi connectivity index (χ1) is 7.72. The van der Waals surface area contributed by atoms with Crippen molar-refractivity contribution < 1.29 is 14.6 Å². The molecule has 3 heteroatoms. The van der Waals surface area contributed by atoms with Crippen LogP contribution in [0.3, 0.4) is 0 Å². The minimum atomic E-state index is -0.900. The van der Waals surface area contributed by atoms with Crippen molar-refractivity contribution in [2.75, 3.05) is 7.11 Å². The summed E-state index contributed by atoms with van der Waals surface area (Å²) in [5.41, 5.74) is -0.794. The summed E-state index contributed by atoms with van der Waals surface area (Å²) < 4.78 is 4.86. The molecule has 2 atom stereocenters. The number of rotatable bonds is 3. The Morgan fingerprint density at radius 3 is 2.29 bits per heavy atom. The lowest BCUT2D eigenvalue weighted by atomic mass is 9.63. The summed E-state index contributed by atoms with van der Waals surface area (Å²) in [5.74, 6) is -0.589. The molecule has 0 aromatic carbocycles. The largest absolute Gasteiger partial charge is 0.469 e. The third kappa shape index (κ3) is 3.21. The molecule has 1 N–H and O–H groups in total. The first-order valence-corrected chi connectivity index (χ1v) is 6.52. The van der Waals surface area contributed by atoms with Crippen LogP contribution >= 0.6 is 0 Å². The molecule has 1 rings (SSSR count). The zero-order valence-electron chi connectivity index (χ0n) is 11.7. The van der Waals surface area contributed by atoms with Crippen molar-refractivity contribution in [3.05, 3.63) is 0 Å². The minimum Gasteiger partial charge on any atom is -0.469 e. The predicted octanol–water partition coefficient (Wildman–Crippen LogP) is 2.76. The lowest BCUT2D eigenvalue weighted by molar-refractivity contribution is -0.166. The van der Waals surface area contributed by atoms with Crippen LogP contribution in [0.25, 0.3) is 0 Å². The number of carbonyl (C=O) groups excluding carboxylic acids is 1. The molecule has 0 amide bonds. The van der Waals surface area contributed by atoms with Gasteiger partial charge in [0.1, 0.15) is 0 Å². The molecule has 1 fully saturated rings. The van der Waals surface area contributed by atoms with Gasteiger partial charge in [-0.2, -0.15) is 0 Å². The van der Waals surface area contributed by atoms with Gasteiger partial charge in [-0.3, -0.25) is 4.79 Å². The van der Waals surface area contributed by atoms with Crippen LogP contribution in [-0.2, 0) is 9.53 Å². The van der Waals surface area contributed by atoms with Crippen LogP contribution in [0.4, 0.5) is 0 Å². The average molecular weight is 242 g/mol. The Labute approximate surface area is 105 Å². The third-order valence-corrected chi connectivity index (χ3v) is 3.95. The molecule has 0 heterocycles. The fraction of sp³-hybridized carbons (Fsp3) is 0.929. The van der Waals surface area contributed by atoms with E-state index in [1.165, 1.54) is 7.11 Å². The smallest absolute Gasteiger partial charge is 0.311 e. The summed E-state index contributed by atoms with van der Waals surface area (Å²) in [6.45, 7) is 8.26. The second-order valence-corrected chi connectivity index (χ2v) is 6.54. The Morgan fingerprint density at radius 2 is 1.88 bits per heavy atom. The molecule has 0 spiro atoms. The maximum Gasteiger partial charge on any atom is 0.311 e. The highest BCUT2D eigenvalue weighted by Gasteiger charge is 2.48. The van der Waals surface area contributed by atoms with Crippen LogP contribution in [0.2, 0.25) is 0 Å². The highest BCUT2D eigenvalue weighted by molar-refractivity contribution is 5.74. The molecule has 0 radical (unpaired) electrons. The molecular formula is C14H26O3. The third-order valence-electron chi connectivity index (χ3n) is 3.95. The number of esters is 1. The summed E-state index contributed by atoms with van der Waals surface area (Å²) in [6, 6.07) is 0. The summed E-state index contributed by atoms with van der Waals surface area (Å²) in [6.07, 6.45) is 3.47. The van der Waals surface area contributed by atoms with E-state index in [4.69, 9.17) is 4.74 Å². The molecule has 100 valence electrons. The van der Waals surface area contributed by atoms with Crippen LogP contribution in [0, 0.1) is 17.3 Å². The minimum absolute atomic E-state index is 0.0985. The highest BCUT2D eigenvalue weighted by atomic mass is 16.5. The standard InChI is InChI=1S/C14H26O3/c1-10(2)11(12(15)17-5)14(16)8-6-7-13(3,4)9-14/h10-11,16H,6-9H2,1-5H3. The van der Waals surface area contributed by atoms with E-state index in [2.05, 4.69) is 13.8 Å². The molecule has 17 heavy (non-hydrogen) atoms. The average Bonchev–Trinajstić information content (AvgIpc) is 2.14. The van der Waals surface area contributed by atoms with E-state index in [1.54, 1.807) is 0 Å². The molecule has 0 aromatic heterocycles. The molecule has 0 bridgehead atoms. The molecule has 2 unspecified atom stereocenters. The fourth-order valence-corrected chi connectivity index (χ4v) is 3.38. The van der Waals surface area contributed by atoms with E-state index < -0.39 is 11.5 Å². The van der Waals surface area contributed by atoms with Crippen molar-refractivity contribution in [1.82, 2.24) is 0 Å². The van der Waals surface area contributed by atoms with Gasteiger partial charge < -0.3 is 9.84 Å². The number of methoxy groups -OCH3 is 1. The maximum atomic E-state index is 11.9. The lowest BCUT2D eigenvalue weighted by Crippen LogP contribution is -2.50. The summed E-state index contributed by atoms with van der Waals surface area (Å²) in [5, 5.41) is 10.8. The SMILES string of the molecule is COC(=O)C(C(C)C)C1(O)CCCC(C)(C)C1. The van der Waals surface area contributed by atoms with E-state index >= 15 is 0 Å². The van der Waals surface area contributed by atoms with Crippen molar-refractivity contribution in [1.29, 1.82) is 0 Å². The summed E-state index contributed by atoms with van der Waals surface area (Å²) in [4.78, 5) is 11.9. The number of carbonyl (C=O) groups is 1. The first kappa shape index (κ1) is 14.5. The van der Waals surface area contributed by atoms with Crippen LogP contribution in [-0.4, -0.2) is 23.8 Å². The van der Waals surface area contributed by atoms with Crippen molar-refractivity contribution >= 4 is 5.97 Å². The van der Waals surface area contributed by atoms with E-state index in [0.717, 1.165) is 12.8 Å². The monoisotopic (exact) mass is 242 g/mol. The van der Waals surface area contributed by atoms with Gasteiger partial charge in [-0.25, -0.2) is 0 Å². The van der Waals surface area contributed by atoms with Gasteiger partial charge in [-0.05, 0) is 30.6 Å². The van der Waals surface area contributed by atoms with Gasteiger partial charge in [0.05, 0.1) is 18.6 Å². The molecule has 1 saturated carbocycles. The Kier molecular flexibility index (Phi) is 4.23. The van der Waals surface area contributed by atoms with Crippen molar-refractivity contribution in [3.63, 3.8) is 0 Å². The predicted molar refractivity (Wildman–Crippen MR) is 67.5 cm³/mol. The van der Waals surface area contributed by atoms with Crippen LogP contribution < -0.4 is 0 Å². The molecule has 0 aromatic rings. The Hall–Kier alpha value is -0.570. The first-order valence-electron chi connectivity index (χ1n) is 6.52. The number of hydrogen-bond donors (Lipinski definition) is 1. The van der Waals surface area contributed by atoms with Crippen molar-refractivity contribution in [3.8, 4) is 0 Å².